The summed E-state index contributed by atoms with van der Waals surface area (Å²) in [6, 6.07) is 0.274. The number of morpholine rings is 1. The van der Waals surface area contributed by atoms with E-state index in [4.69, 9.17) is 15.2 Å². The van der Waals surface area contributed by atoms with Crippen molar-refractivity contribution in [3.63, 3.8) is 0 Å². The van der Waals surface area contributed by atoms with Gasteiger partial charge in [-0.15, -0.1) is 0 Å². The summed E-state index contributed by atoms with van der Waals surface area (Å²) in [5, 5.41) is 0. The first kappa shape index (κ1) is 13.8. The molecular weight excluding hydrogens is 248 g/mol. The van der Waals surface area contributed by atoms with Gasteiger partial charge < -0.3 is 25.0 Å². The normalized spacial score (nSPS) is 15.8. The van der Waals surface area contributed by atoms with E-state index < -0.39 is 0 Å². The Labute approximate surface area is 112 Å². The van der Waals surface area contributed by atoms with E-state index >= 15 is 0 Å². The number of nitrogens with zero attached hydrogens (tertiary/aromatic N) is 5. The fourth-order valence-corrected chi connectivity index (χ4v) is 1.65. The molecule has 0 aliphatic carbocycles. The Kier molecular flexibility index (Phi) is 4.69. The Morgan fingerprint density at radius 2 is 2.00 bits per heavy atom. The molecule has 0 saturated carbocycles. The van der Waals surface area contributed by atoms with Crippen molar-refractivity contribution in [3.8, 4) is 6.01 Å². The molecule has 0 bridgehead atoms. The topological polar surface area (TPSA) is 89.6 Å². The standard InChI is InChI=1S/C11H20N6O2/c1-16(2)3-8-19-11-14-9(12)13-10(15-11)17-4-6-18-7-5-17/h3-8H2,1-2H3,(H2,12,13,14,15). The Balaban J connectivity index is 2.01. The lowest BCUT2D eigenvalue weighted by Crippen LogP contribution is -2.37. The minimum atomic E-state index is 0.177. The van der Waals surface area contributed by atoms with Crippen LogP contribution in [0.3, 0.4) is 0 Å². The van der Waals surface area contributed by atoms with Crippen LogP contribution in [0.4, 0.5) is 11.9 Å². The summed E-state index contributed by atoms with van der Waals surface area (Å²) in [4.78, 5) is 16.4. The summed E-state index contributed by atoms with van der Waals surface area (Å²) in [5.41, 5.74) is 5.69. The molecule has 0 radical (unpaired) electrons. The van der Waals surface area contributed by atoms with E-state index in [-0.39, 0.29) is 12.0 Å². The fraction of sp³-hybridized carbons (Fsp3) is 0.727. The van der Waals surface area contributed by atoms with Crippen molar-refractivity contribution >= 4 is 11.9 Å². The smallest absolute Gasteiger partial charge is 0.323 e. The third-order valence-electron chi connectivity index (χ3n) is 2.68. The molecule has 0 aromatic carbocycles. The molecule has 2 rings (SSSR count). The van der Waals surface area contributed by atoms with Gasteiger partial charge in [0.2, 0.25) is 11.9 Å². The first-order chi connectivity index (χ1) is 9.15. The van der Waals surface area contributed by atoms with Gasteiger partial charge in [0.1, 0.15) is 6.61 Å². The number of likely N-dealkylation sites (N-methyl/N-ethyl adjacent to an activating group) is 1. The molecule has 1 fully saturated rings. The summed E-state index contributed by atoms with van der Waals surface area (Å²) in [5.74, 6) is 0.729. The van der Waals surface area contributed by atoms with Crippen LogP contribution in [0, 0.1) is 0 Å². The van der Waals surface area contributed by atoms with Crippen molar-refractivity contribution < 1.29 is 9.47 Å². The maximum atomic E-state index is 5.69. The van der Waals surface area contributed by atoms with E-state index in [0.29, 0.717) is 25.8 Å². The van der Waals surface area contributed by atoms with Crippen molar-refractivity contribution in [2.45, 2.75) is 0 Å². The highest BCUT2D eigenvalue weighted by Gasteiger charge is 2.16. The summed E-state index contributed by atoms with van der Waals surface area (Å²) < 4.78 is 10.8. The zero-order chi connectivity index (χ0) is 13.7. The second kappa shape index (κ2) is 6.48. The molecule has 0 unspecified atom stereocenters. The Morgan fingerprint density at radius 3 is 2.68 bits per heavy atom. The highest BCUT2D eigenvalue weighted by Crippen LogP contribution is 2.14. The highest BCUT2D eigenvalue weighted by molar-refractivity contribution is 5.36. The van der Waals surface area contributed by atoms with E-state index in [1.54, 1.807) is 0 Å². The fourth-order valence-electron chi connectivity index (χ4n) is 1.65. The second-order valence-corrected chi connectivity index (χ2v) is 4.53. The molecule has 1 aromatic rings. The van der Waals surface area contributed by atoms with Crippen LogP contribution >= 0.6 is 0 Å². The van der Waals surface area contributed by atoms with Gasteiger partial charge in [-0.3, -0.25) is 0 Å². The maximum Gasteiger partial charge on any atom is 0.323 e. The Hall–Kier alpha value is -1.67. The monoisotopic (exact) mass is 268 g/mol. The van der Waals surface area contributed by atoms with Gasteiger partial charge in [-0.2, -0.15) is 15.0 Å². The summed E-state index contributed by atoms with van der Waals surface area (Å²) in [7, 11) is 3.95. The van der Waals surface area contributed by atoms with Crippen LogP contribution in [-0.2, 0) is 4.74 Å². The number of hydrogen-bond donors (Lipinski definition) is 1. The van der Waals surface area contributed by atoms with Crippen LogP contribution in [0.5, 0.6) is 6.01 Å². The zero-order valence-corrected chi connectivity index (χ0v) is 11.4. The third-order valence-corrected chi connectivity index (χ3v) is 2.68. The van der Waals surface area contributed by atoms with E-state index in [1.165, 1.54) is 0 Å². The average Bonchev–Trinajstić information content (AvgIpc) is 2.39. The van der Waals surface area contributed by atoms with Crippen molar-refractivity contribution in [1.29, 1.82) is 0 Å². The molecule has 8 nitrogen and oxygen atoms in total. The number of aromatic nitrogens is 3. The van der Waals surface area contributed by atoms with Crippen molar-refractivity contribution in [3.05, 3.63) is 0 Å². The molecule has 1 aromatic heterocycles. The zero-order valence-electron chi connectivity index (χ0n) is 11.4. The van der Waals surface area contributed by atoms with Crippen LogP contribution in [0.15, 0.2) is 0 Å². The largest absolute Gasteiger partial charge is 0.462 e. The van der Waals surface area contributed by atoms with Gasteiger partial charge in [-0.25, -0.2) is 0 Å². The molecule has 0 amide bonds. The predicted molar refractivity (Wildman–Crippen MR) is 71.3 cm³/mol. The van der Waals surface area contributed by atoms with E-state index in [1.807, 2.05) is 23.9 Å². The molecule has 0 spiro atoms. The molecule has 0 atom stereocenters. The van der Waals surface area contributed by atoms with Crippen LogP contribution in [0.25, 0.3) is 0 Å². The van der Waals surface area contributed by atoms with Gasteiger partial charge in [-0.1, -0.05) is 0 Å². The van der Waals surface area contributed by atoms with Gasteiger partial charge in [0.05, 0.1) is 13.2 Å². The highest BCUT2D eigenvalue weighted by atomic mass is 16.5. The average molecular weight is 268 g/mol. The molecule has 2 heterocycles. The molecule has 1 aliphatic heterocycles. The molecule has 1 saturated heterocycles. The second-order valence-electron chi connectivity index (χ2n) is 4.53. The number of anilines is 2. The molecule has 1 aliphatic rings. The number of rotatable bonds is 5. The van der Waals surface area contributed by atoms with E-state index in [2.05, 4.69) is 15.0 Å². The minimum absolute atomic E-state index is 0.177. The molecule has 2 N–H and O–H groups in total. The van der Waals surface area contributed by atoms with Crippen LogP contribution in [0.1, 0.15) is 0 Å². The Bertz CT molecular complexity index is 408. The molecule has 8 heteroatoms. The predicted octanol–water partition coefficient (Wildman–Crippen LogP) is -0.769. The first-order valence-corrected chi connectivity index (χ1v) is 6.27. The lowest BCUT2D eigenvalue weighted by molar-refractivity contribution is 0.122. The lowest BCUT2D eigenvalue weighted by atomic mass is 10.4. The van der Waals surface area contributed by atoms with Gasteiger partial charge in [0, 0.05) is 19.6 Å². The summed E-state index contributed by atoms with van der Waals surface area (Å²) in [6.07, 6.45) is 0. The van der Waals surface area contributed by atoms with Gasteiger partial charge in [-0.05, 0) is 14.1 Å². The van der Waals surface area contributed by atoms with Gasteiger partial charge >= 0.3 is 6.01 Å². The van der Waals surface area contributed by atoms with Crippen LogP contribution in [-0.4, -0.2) is 73.4 Å². The van der Waals surface area contributed by atoms with Crippen LogP contribution in [0.2, 0.25) is 0 Å². The van der Waals surface area contributed by atoms with Crippen molar-refractivity contribution in [2.75, 3.05) is 64.2 Å². The number of ether oxygens (including phenoxy) is 2. The minimum Gasteiger partial charge on any atom is -0.462 e. The van der Waals surface area contributed by atoms with Crippen molar-refractivity contribution in [2.24, 2.45) is 0 Å². The first-order valence-electron chi connectivity index (χ1n) is 6.27. The van der Waals surface area contributed by atoms with E-state index in [0.717, 1.165) is 19.6 Å². The van der Waals surface area contributed by atoms with Crippen LogP contribution < -0.4 is 15.4 Å². The van der Waals surface area contributed by atoms with E-state index in [9.17, 15) is 0 Å². The number of nitrogens with two attached hydrogens (primary N) is 1. The quantitative estimate of drug-likeness (QED) is 0.744. The van der Waals surface area contributed by atoms with Crippen molar-refractivity contribution in [1.82, 2.24) is 19.9 Å². The molecule has 106 valence electrons. The number of hydrogen-bond acceptors (Lipinski definition) is 8. The summed E-state index contributed by atoms with van der Waals surface area (Å²) >= 11 is 0. The Morgan fingerprint density at radius 1 is 1.26 bits per heavy atom. The number of nitrogen functional groups attached to an aromatic ring is 1. The molecular formula is C11H20N6O2. The van der Waals surface area contributed by atoms with Gasteiger partial charge in [0.25, 0.3) is 0 Å². The summed E-state index contributed by atoms with van der Waals surface area (Å²) in [6.45, 7) is 4.14. The van der Waals surface area contributed by atoms with Gasteiger partial charge in [0.15, 0.2) is 0 Å². The molecule has 19 heavy (non-hydrogen) atoms. The maximum absolute atomic E-state index is 5.69. The third kappa shape index (κ3) is 4.18. The lowest BCUT2D eigenvalue weighted by Gasteiger charge is -2.26. The SMILES string of the molecule is CN(C)CCOc1nc(N)nc(N2CCOCC2)n1.